The normalized spacial score (nSPS) is 19.5. The van der Waals surface area contributed by atoms with Crippen molar-refractivity contribution in [2.24, 2.45) is 11.8 Å². The van der Waals surface area contributed by atoms with E-state index in [0.29, 0.717) is 34.6 Å². The first kappa shape index (κ1) is 47.7. The molecule has 2 aromatic heterocycles. The van der Waals surface area contributed by atoms with E-state index in [2.05, 4.69) is 32.1 Å². The van der Waals surface area contributed by atoms with Crippen molar-refractivity contribution in [3.05, 3.63) is 125 Å². The first-order valence-corrected chi connectivity index (χ1v) is 21.5. The molecule has 15 heteroatoms. The number of nitrogens with zero attached hydrogens (tertiary/aromatic N) is 2. The molecule has 13 nitrogen and oxygen atoms in total. The van der Waals surface area contributed by atoms with Gasteiger partial charge in [0.15, 0.2) is 0 Å². The van der Waals surface area contributed by atoms with Gasteiger partial charge in [0.05, 0.1) is 29.4 Å². The van der Waals surface area contributed by atoms with Crippen molar-refractivity contribution in [1.29, 1.82) is 0 Å². The van der Waals surface area contributed by atoms with Gasteiger partial charge in [-0.1, -0.05) is 71.7 Å². The van der Waals surface area contributed by atoms with Crippen LogP contribution in [0.5, 0.6) is 0 Å². The Morgan fingerprint density at radius 2 is 1.08 bits per heavy atom. The van der Waals surface area contributed by atoms with Crippen molar-refractivity contribution in [2.75, 3.05) is 7.11 Å². The lowest BCUT2D eigenvalue weighted by Crippen LogP contribution is -2.22. The highest BCUT2D eigenvalue weighted by atomic mass is 35.5. The molecule has 330 valence electrons. The zero-order valence-corrected chi connectivity index (χ0v) is 37.1. The average Bonchev–Trinajstić information content (AvgIpc) is 3.20. The monoisotopic (exact) mass is 888 g/mol. The maximum absolute atomic E-state index is 12.4. The van der Waals surface area contributed by atoms with Crippen LogP contribution in [0, 0.1) is 25.7 Å². The van der Waals surface area contributed by atoms with Crippen LogP contribution >= 0.6 is 23.2 Å². The highest BCUT2D eigenvalue weighted by molar-refractivity contribution is 6.32. The van der Waals surface area contributed by atoms with Crippen molar-refractivity contribution in [2.45, 2.75) is 109 Å². The number of nitrogens with one attached hydrogen (secondary N) is 2. The number of aliphatic hydroxyl groups is 1. The van der Waals surface area contributed by atoms with Crippen LogP contribution in [0.4, 0.5) is 0 Å². The second-order valence-corrected chi connectivity index (χ2v) is 17.5. The van der Waals surface area contributed by atoms with Gasteiger partial charge in [-0.15, -0.1) is 0 Å². The van der Waals surface area contributed by atoms with E-state index in [1.54, 1.807) is 33.8 Å². The minimum Gasteiger partial charge on any atom is -0.481 e. The lowest BCUT2D eigenvalue weighted by molar-refractivity contribution is -0.139. The number of esters is 1. The van der Waals surface area contributed by atoms with Gasteiger partial charge in [-0.3, -0.25) is 19.2 Å². The highest BCUT2D eigenvalue weighted by Crippen LogP contribution is 2.39. The van der Waals surface area contributed by atoms with E-state index in [0.717, 1.165) is 62.5 Å². The maximum atomic E-state index is 12.4. The number of ether oxygens (including phenoxy) is 1. The molecule has 0 atom stereocenters. The van der Waals surface area contributed by atoms with E-state index < -0.39 is 29.1 Å². The topological polar surface area (TPSA) is 213 Å². The molecule has 2 aliphatic rings. The average molecular weight is 890 g/mol. The Kier molecular flexibility index (Phi) is 16.3. The third-order valence-electron chi connectivity index (χ3n) is 11.7. The van der Waals surface area contributed by atoms with Gasteiger partial charge in [0.25, 0.3) is 11.1 Å². The molecule has 0 saturated heterocycles. The molecule has 0 radical (unpaired) electrons. The third-order valence-corrected chi connectivity index (χ3v) is 12.3. The summed E-state index contributed by atoms with van der Waals surface area (Å²) in [5.41, 5.74) is 2.85. The molecule has 0 spiro atoms. The molecule has 2 saturated carbocycles. The second kappa shape index (κ2) is 21.1. The molecule has 4 aromatic rings. The molecular weight excluding hydrogens is 835 g/mol. The number of hydrogen-bond donors (Lipinski definition) is 5. The fourth-order valence-electron chi connectivity index (χ4n) is 8.41. The summed E-state index contributed by atoms with van der Waals surface area (Å²) in [6.07, 6.45) is 11.0. The van der Waals surface area contributed by atoms with Gasteiger partial charge in [0, 0.05) is 12.8 Å². The van der Waals surface area contributed by atoms with Gasteiger partial charge < -0.3 is 30.0 Å². The quantitative estimate of drug-likeness (QED) is 0.0514. The van der Waals surface area contributed by atoms with Gasteiger partial charge in [-0.25, -0.2) is 14.8 Å². The maximum Gasteiger partial charge on any atom is 0.338 e. The highest BCUT2D eigenvalue weighted by Gasteiger charge is 2.27. The zero-order chi connectivity index (χ0) is 45.3. The van der Waals surface area contributed by atoms with Crippen LogP contribution in [0.25, 0.3) is 23.3 Å². The summed E-state index contributed by atoms with van der Waals surface area (Å²) in [7, 11) is 1.28. The number of aromatic amines is 2. The fourth-order valence-corrected chi connectivity index (χ4v) is 8.94. The van der Waals surface area contributed by atoms with Crippen molar-refractivity contribution < 1.29 is 34.4 Å². The molecule has 6 rings (SSSR count). The summed E-state index contributed by atoms with van der Waals surface area (Å²) in [6.45, 7) is 6.61. The third kappa shape index (κ3) is 12.8. The molecule has 5 N–H and O–H groups in total. The molecule has 62 heavy (non-hydrogen) atoms. The summed E-state index contributed by atoms with van der Waals surface area (Å²) >= 11 is 12.3. The Balaban J connectivity index is 0.000000234. The number of H-pyrrole nitrogens is 2. The van der Waals surface area contributed by atoms with E-state index in [9.17, 15) is 29.1 Å². The van der Waals surface area contributed by atoms with Crippen molar-refractivity contribution >= 4 is 64.4 Å². The minimum atomic E-state index is -1.20. The first-order valence-electron chi connectivity index (χ1n) is 20.7. The van der Waals surface area contributed by atoms with E-state index in [1.807, 2.05) is 36.4 Å². The second-order valence-electron chi connectivity index (χ2n) is 16.8. The number of carbonyl (C=O) groups excluding carboxylic acids is 1. The predicted octanol–water partition coefficient (Wildman–Crippen LogP) is 8.99. The number of carboxylic acid groups (broad SMARTS) is 2. The number of carbonyl (C=O) groups is 3. The number of aryl methyl sites for hydroxylation is 2. The van der Waals surface area contributed by atoms with Gasteiger partial charge in [0.1, 0.15) is 22.0 Å². The summed E-state index contributed by atoms with van der Waals surface area (Å²) in [5.74, 6) is 0.0534. The molecule has 2 fully saturated rings. The van der Waals surface area contributed by atoms with Crippen LogP contribution in [-0.4, -0.2) is 65.9 Å². The summed E-state index contributed by atoms with van der Waals surface area (Å²) in [6, 6.07) is 15.6. The van der Waals surface area contributed by atoms with Crippen LogP contribution in [0.15, 0.2) is 58.1 Å². The number of halogens is 2. The first-order chi connectivity index (χ1) is 29.3. The smallest absolute Gasteiger partial charge is 0.338 e. The van der Waals surface area contributed by atoms with E-state index in [4.69, 9.17) is 38.2 Å². The van der Waals surface area contributed by atoms with Gasteiger partial charge in [-0.05, 0) is 143 Å². The Bertz CT molecular complexity index is 2420. The Hall–Kier alpha value is -5.37. The van der Waals surface area contributed by atoms with Gasteiger partial charge in [0.2, 0.25) is 0 Å². The van der Waals surface area contributed by atoms with Crippen molar-refractivity contribution in [3.8, 4) is 0 Å². The van der Waals surface area contributed by atoms with Crippen LogP contribution in [-0.2, 0) is 19.1 Å². The zero-order valence-electron chi connectivity index (χ0n) is 35.6. The number of carboxylic acids is 2. The Morgan fingerprint density at radius 3 is 1.44 bits per heavy atom. The van der Waals surface area contributed by atoms with Crippen molar-refractivity contribution in [3.63, 3.8) is 0 Å². The van der Waals surface area contributed by atoms with Gasteiger partial charge >= 0.3 is 17.9 Å². The molecule has 2 aliphatic carbocycles. The number of methoxy groups -OCH3 is 1. The molecule has 0 unspecified atom stereocenters. The predicted molar refractivity (Wildman–Crippen MR) is 240 cm³/mol. The molecule has 0 amide bonds. The molecule has 2 aromatic carbocycles. The molecular formula is C47H54Cl2N4O9. The Morgan fingerprint density at radius 1 is 0.694 bits per heavy atom. The summed E-state index contributed by atoms with van der Waals surface area (Å²) < 4.78 is 4.90. The molecule has 0 aliphatic heterocycles. The number of rotatable bonds is 12. The van der Waals surface area contributed by atoms with Crippen LogP contribution < -0.4 is 11.1 Å². The number of benzene rings is 2. The largest absolute Gasteiger partial charge is 0.481 e. The van der Waals surface area contributed by atoms with E-state index >= 15 is 0 Å². The van der Waals surface area contributed by atoms with Gasteiger partial charge in [-0.2, -0.15) is 0 Å². The van der Waals surface area contributed by atoms with Crippen LogP contribution in [0.1, 0.15) is 135 Å². The van der Waals surface area contributed by atoms with E-state index in [-0.39, 0.29) is 57.2 Å². The number of aliphatic carboxylic acids is 2. The standard InChI is InChI=1S/C24H29ClN2O4.C23H25ClN2O5/c1-14-26-22(25)19(23(30)27-14)13-20(24(2,3)31)18-10-8-17(9-11-18)16-6-4-15(5-7-16)12-21(28)29;1-13-25-21(24)19(22(29)26-13)12-18(23(30)31-2)17-9-7-16(8-10-17)15-5-3-14(4-6-15)11-20(27)28/h8-11,13,15-16,31H,4-7,12H2,1-3H3,(H,28,29)(H,26,27,30);7-10,12,14-15H,3-6,11H2,1-2H3,(H,27,28)(H,25,26,29)/b20-13-;18-12-. The number of aromatic nitrogens is 4. The van der Waals surface area contributed by atoms with Crippen molar-refractivity contribution in [1.82, 2.24) is 19.9 Å². The van der Waals surface area contributed by atoms with E-state index in [1.165, 1.54) is 18.7 Å². The SMILES string of the molecule is COC(=O)/C(=C\c1c(Cl)nc(C)[nH]c1=O)c1ccc(C2CCC(CC(=O)O)CC2)cc1.Cc1nc(Cl)c(/C=C(/c2ccc(C3CCC(CC(=O)O)CC3)cc2)C(C)(C)O)c(=O)[nH]1. The minimum absolute atomic E-state index is 0.0115. The molecule has 0 bridgehead atoms. The Labute approximate surface area is 370 Å². The lowest BCUT2D eigenvalue weighted by Gasteiger charge is -2.28. The summed E-state index contributed by atoms with van der Waals surface area (Å²) in [4.78, 5) is 72.3. The van der Waals surface area contributed by atoms with Crippen LogP contribution in [0.2, 0.25) is 10.3 Å². The molecule has 2 heterocycles. The van der Waals surface area contributed by atoms with Crippen LogP contribution in [0.3, 0.4) is 0 Å². The lowest BCUT2D eigenvalue weighted by atomic mass is 9.77. The fraction of sp³-hybridized carbons (Fsp3) is 0.426. The number of hydrogen-bond acceptors (Lipinski definition) is 9. The summed E-state index contributed by atoms with van der Waals surface area (Å²) in [5, 5.41) is 28.8.